The highest BCUT2D eigenvalue weighted by Gasteiger charge is 2.08. The minimum Gasteiger partial charge on any atom is -0.497 e. The molecule has 0 aliphatic rings. The Morgan fingerprint density at radius 3 is 2.33 bits per heavy atom. The first-order valence-electron chi connectivity index (χ1n) is 4.86. The average Bonchev–Trinajstić information content (AvgIpc) is 2.26. The quantitative estimate of drug-likeness (QED) is 0.620. The Balaban J connectivity index is 2.44. The van der Waals surface area contributed by atoms with E-state index >= 15 is 0 Å². The molecule has 84 valence electrons. The second-order valence-corrected chi connectivity index (χ2v) is 3.41. The topological polar surface area (TPSA) is 61.7 Å². The smallest absolute Gasteiger partial charge is 0.131 e. The molecule has 15 heavy (non-hydrogen) atoms. The van der Waals surface area contributed by atoms with Crippen LogP contribution in [0.1, 0.15) is 12.5 Å². The molecule has 2 atom stereocenters. The summed E-state index contributed by atoms with van der Waals surface area (Å²) in [5.41, 5.74) is 1.02. The van der Waals surface area contributed by atoms with Gasteiger partial charge in [0.05, 0.1) is 13.2 Å². The number of methoxy groups -OCH3 is 1. The van der Waals surface area contributed by atoms with Crippen molar-refractivity contribution in [3.05, 3.63) is 29.8 Å². The fraction of sp³-hybridized carbons (Fsp3) is 0.455. The van der Waals surface area contributed by atoms with E-state index in [4.69, 9.17) is 9.84 Å². The van der Waals surface area contributed by atoms with Gasteiger partial charge in [0.2, 0.25) is 0 Å². The van der Waals surface area contributed by atoms with Crippen LogP contribution in [0.3, 0.4) is 0 Å². The molecule has 0 heterocycles. The highest BCUT2D eigenvalue weighted by molar-refractivity contribution is 5.26. The van der Waals surface area contributed by atoms with Crippen LogP contribution < -0.4 is 10.1 Å². The number of rotatable bonds is 5. The Bertz CT molecular complexity index is 284. The summed E-state index contributed by atoms with van der Waals surface area (Å²) in [5, 5.41) is 21.2. The third-order valence-electron chi connectivity index (χ3n) is 2.13. The monoisotopic (exact) mass is 211 g/mol. The number of ether oxygens (including phenoxy) is 1. The molecule has 0 saturated carbocycles. The van der Waals surface area contributed by atoms with Gasteiger partial charge in [0.15, 0.2) is 0 Å². The first kappa shape index (κ1) is 12.0. The highest BCUT2D eigenvalue weighted by Crippen LogP contribution is 2.11. The summed E-state index contributed by atoms with van der Waals surface area (Å²) in [6.07, 6.45) is -1.67. The van der Waals surface area contributed by atoms with Crippen LogP contribution in [-0.2, 0) is 6.54 Å². The average molecular weight is 211 g/mol. The minimum atomic E-state index is -0.896. The lowest BCUT2D eigenvalue weighted by Gasteiger charge is -2.15. The molecule has 4 heteroatoms. The van der Waals surface area contributed by atoms with Gasteiger partial charge in [0.25, 0.3) is 0 Å². The summed E-state index contributed by atoms with van der Waals surface area (Å²) >= 11 is 0. The van der Waals surface area contributed by atoms with Gasteiger partial charge in [-0.2, -0.15) is 0 Å². The van der Waals surface area contributed by atoms with Crippen molar-refractivity contribution in [2.24, 2.45) is 0 Å². The van der Waals surface area contributed by atoms with Crippen molar-refractivity contribution in [3.63, 3.8) is 0 Å². The first-order valence-corrected chi connectivity index (χ1v) is 4.86. The number of hydrogen-bond acceptors (Lipinski definition) is 4. The number of benzene rings is 1. The van der Waals surface area contributed by atoms with Gasteiger partial charge >= 0.3 is 0 Å². The molecule has 0 amide bonds. The second kappa shape index (κ2) is 5.70. The lowest BCUT2D eigenvalue weighted by atomic mass is 10.2. The van der Waals surface area contributed by atoms with Gasteiger partial charge in [0, 0.05) is 6.54 Å². The molecule has 0 bridgehead atoms. The van der Waals surface area contributed by atoms with E-state index in [9.17, 15) is 5.11 Å². The van der Waals surface area contributed by atoms with Gasteiger partial charge in [-0.15, -0.1) is 0 Å². The Labute approximate surface area is 89.5 Å². The molecule has 0 saturated heterocycles. The lowest BCUT2D eigenvalue weighted by molar-refractivity contribution is 0.00811. The molecule has 0 aromatic heterocycles. The van der Waals surface area contributed by atoms with Crippen molar-refractivity contribution in [3.8, 4) is 5.75 Å². The van der Waals surface area contributed by atoms with Crippen molar-refractivity contribution >= 4 is 0 Å². The van der Waals surface area contributed by atoms with E-state index in [1.165, 1.54) is 6.92 Å². The van der Waals surface area contributed by atoms with Crippen molar-refractivity contribution in [2.45, 2.75) is 25.8 Å². The summed E-state index contributed by atoms with van der Waals surface area (Å²) in [6, 6.07) is 7.51. The van der Waals surface area contributed by atoms with Crippen LogP contribution in [-0.4, -0.2) is 29.7 Å². The van der Waals surface area contributed by atoms with E-state index in [1.54, 1.807) is 7.11 Å². The zero-order valence-electron chi connectivity index (χ0n) is 8.97. The zero-order chi connectivity index (χ0) is 11.3. The lowest BCUT2D eigenvalue weighted by Crippen LogP contribution is -2.37. The van der Waals surface area contributed by atoms with Crippen LogP contribution in [0.5, 0.6) is 5.75 Å². The van der Waals surface area contributed by atoms with Crippen molar-refractivity contribution < 1.29 is 14.9 Å². The molecule has 1 aromatic carbocycles. The molecule has 1 aromatic rings. The highest BCUT2D eigenvalue weighted by atomic mass is 16.5. The first-order chi connectivity index (χ1) is 7.13. The van der Waals surface area contributed by atoms with E-state index in [0.717, 1.165) is 11.3 Å². The van der Waals surface area contributed by atoms with Crippen LogP contribution in [0, 0.1) is 0 Å². The zero-order valence-corrected chi connectivity index (χ0v) is 8.97. The van der Waals surface area contributed by atoms with Crippen LogP contribution in [0.25, 0.3) is 0 Å². The van der Waals surface area contributed by atoms with Gasteiger partial charge in [0.1, 0.15) is 12.0 Å². The van der Waals surface area contributed by atoms with Crippen LogP contribution in [0.2, 0.25) is 0 Å². The molecular formula is C11H17NO3. The SMILES string of the molecule is COc1ccc(CN[C@@H](O)[C@@H](C)O)cc1. The molecule has 4 nitrogen and oxygen atoms in total. The largest absolute Gasteiger partial charge is 0.497 e. The minimum absolute atomic E-state index is 0.510. The summed E-state index contributed by atoms with van der Waals surface area (Å²) in [7, 11) is 1.62. The Morgan fingerprint density at radius 2 is 1.87 bits per heavy atom. The second-order valence-electron chi connectivity index (χ2n) is 3.41. The van der Waals surface area contributed by atoms with Crippen molar-refractivity contribution in [1.82, 2.24) is 5.32 Å². The van der Waals surface area contributed by atoms with E-state index < -0.39 is 12.3 Å². The third kappa shape index (κ3) is 3.87. The maximum atomic E-state index is 9.30. The summed E-state index contributed by atoms with van der Waals surface area (Å²) in [4.78, 5) is 0. The molecule has 0 aliphatic carbocycles. The Hall–Kier alpha value is -1.10. The number of nitrogens with one attached hydrogen (secondary N) is 1. The third-order valence-corrected chi connectivity index (χ3v) is 2.13. The predicted molar refractivity (Wildman–Crippen MR) is 57.5 cm³/mol. The van der Waals surface area contributed by atoms with Crippen molar-refractivity contribution in [2.75, 3.05) is 7.11 Å². The van der Waals surface area contributed by atoms with Crippen LogP contribution in [0.15, 0.2) is 24.3 Å². The Morgan fingerprint density at radius 1 is 1.27 bits per heavy atom. The maximum Gasteiger partial charge on any atom is 0.131 e. The molecular weight excluding hydrogens is 194 g/mol. The standard InChI is InChI=1S/C11H17NO3/c1-8(13)11(14)12-7-9-3-5-10(15-2)6-4-9/h3-6,8,11-14H,7H2,1-2H3/t8-,11+/m1/s1. The molecule has 0 unspecified atom stereocenters. The molecule has 0 spiro atoms. The van der Waals surface area contributed by atoms with E-state index in [1.807, 2.05) is 24.3 Å². The van der Waals surface area contributed by atoms with Crippen LogP contribution in [0.4, 0.5) is 0 Å². The Kier molecular flexibility index (Phi) is 4.55. The summed E-state index contributed by atoms with van der Waals surface area (Å²) in [6.45, 7) is 2.04. The van der Waals surface area contributed by atoms with Crippen molar-refractivity contribution in [1.29, 1.82) is 0 Å². The molecule has 3 N–H and O–H groups in total. The van der Waals surface area contributed by atoms with E-state index in [-0.39, 0.29) is 0 Å². The fourth-order valence-electron chi connectivity index (χ4n) is 1.14. The fourth-order valence-corrected chi connectivity index (χ4v) is 1.14. The molecule has 0 fully saturated rings. The molecule has 1 rings (SSSR count). The van der Waals surface area contributed by atoms with Crippen LogP contribution >= 0.6 is 0 Å². The van der Waals surface area contributed by atoms with Gasteiger partial charge in [-0.25, -0.2) is 0 Å². The normalized spacial score (nSPS) is 14.7. The van der Waals surface area contributed by atoms with E-state index in [2.05, 4.69) is 5.32 Å². The number of aliphatic hydroxyl groups is 2. The van der Waals surface area contributed by atoms with Gasteiger partial charge < -0.3 is 14.9 Å². The summed E-state index contributed by atoms with van der Waals surface area (Å²) < 4.78 is 5.02. The predicted octanol–water partition coefficient (Wildman–Crippen LogP) is 0.484. The van der Waals surface area contributed by atoms with Gasteiger partial charge in [-0.05, 0) is 24.6 Å². The van der Waals surface area contributed by atoms with Gasteiger partial charge in [-0.3, -0.25) is 5.32 Å². The van der Waals surface area contributed by atoms with E-state index in [0.29, 0.717) is 6.54 Å². The maximum absolute atomic E-state index is 9.30. The summed E-state index contributed by atoms with van der Waals surface area (Å²) in [5.74, 6) is 0.801. The molecule has 0 aliphatic heterocycles. The van der Waals surface area contributed by atoms with Gasteiger partial charge in [-0.1, -0.05) is 12.1 Å². The molecule has 0 radical (unpaired) electrons. The number of aliphatic hydroxyl groups excluding tert-OH is 2. The number of hydrogen-bond donors (Lipinski definition) is 3.